The van der Waals surface area contributed by atoms with E-state index in [0.29, 0.717) is 24.0 Å². The molecule has 1 aromatic heterocycles. The van der Waals surface area contributed by atoms with Crippen LogP contribution in [0.25, 0.3) is 0 Å². The summed E-state index contributed by atoms with van der Waals surface area (Å²) in [6.45, 7) is 6.73. The summed E-state index contributed by atoms with van der Waals surface area (Å²) in [7, 11) is 0. The van der Waals surface area contributed by atoms with E-state index < -0.39 is 0 Å². The smallest absolute Gasteiger partial charge is 0.270 e. The van der Waals surface area contributed by atoms with Crippen LogP contribution in [0, 0.1) is 12.8 Å². The maximum Gasteiger partial charge on any atom is 0.270 e. The zero-order valence-electron chi connectivity index (χ0n) is 12.9. The van der Waals surface area contributed by atoms with E-state index in [1.165, 1.54) is 6.33 Å². The molecule has 0 radical (unpaired) electrons. The number of hydrogen-bond donors (Lipinski definition) is 2. The molecule has 2 N–H and O–H groups in total. The number of carbonyl (C=O) groups is 1. The van der Waals surface area contributed by atoms with Crippen molar-refractivity contribution in [2.24, 2.45) is 5.92 Å². The number of amides is 1. The van der Waals surface area contributed by atoms with Gasteiger partial charge in [-0.3, -0.25) is 4.79 Å². The molecular formula is C16H19BrN4O. The lowest BCUT2D eigenvalue weighted by atomic mass is 10.2. The molecule has 0 aliphatic carbocycles. The van der Waals surface area contributed by atoms with Gasteiger partial charge in [-0.2, -0.15) is 0 Å². The molecule has 5 nitrogen and oxygen atoms in total. The highest BCUT2D eigenvalue weighted by molar-refractivity contribution is 9.10. The molecule has 0 unspecified atom stereocenters. The maximum absolute atomic E-state index is 12.0. The van der Waals surface area contributed by atoms with Crippen LogP contribution in [-0.2, 0) is 0 Å². The first kappa shape index (κ1) is 16.4. The highest BCUT2D eigenvalue weighted by atomic mass is 79.9. The quantitative estimate of drug-likeness (QED) is 0.851. The van der Waals surface area contributed by atoms with Crippen molar-refractivity contribution in [1.82, 2.24) is 15.3 Å². The predicted molar refractivity (Wildman–Crippen MR) is 91.4 cm³/mol. The third kappa shape index (κ3) is 4.53. The Labute approximate surface area is 138 Å². The largest absolute Gasteiger partial charge is 0.350 e. The SMILES string of the molecule is Cc1ccc(Nc2cc(C(=O)NCC(C)C)ncn2)cc1Br. The molecule has 0 spiro atoms. The molecule has 1 heterocycles. The van der Waals surface area contributed by atoms with Crippen LogP contribution in [0.2, 0.25) is 0 Å². The van der Waals surface area contributed by atoms with Gasteiger partial charge in [0, 0.05) is 22.8 Å². The standard InChI is InChI=1S/C16H19BrN4O/c1-10(2)8-18-16(22)14-7-15(20-9-19-14)21-12-5-4-11(3)13(17)6-12/h4-7,9-10H,8H2,1-3H3,(H,18,22)(H,19,20,21). The molecule has 0 aliphatic heterocycles. The fourth-order valence-electron chi connectivity index (χ4n) is 1.76. The van der Waals surface area contributed by atoms with Gasteiger partial charge in [-0.05, 0) is 30.5 Å². The van der Waals surface area contributed by atoms with Crippen LogP contribution in [0.4, 0.5) is 11.5 Å². The van der Waals surface area contributed by atoms with E-state index in [1.54, 1.807) is 6.07 Å². The van der Waals surface area contributed by atoms with Gasteiger partial charge in [0.05, 0.1) is 0 Å². The van der Waals surface area contributed by atoms with E-state index in [9.17, 15) is 4.79 Å². The van der Waals surface area contributed by atoms with Crippen LogP contribution in [0.15, 0.2) is 35.1 Å². The monoisotopic (exact) mass is 362 g/mol. The van der Waals surface area contributed by atoms with Crippen molar-refractivity contribution >= 4 is 33.3 Å². The number of anilines is 2. The minimum absolute atomic E-state index is 0.191. The molecule has 0 saturated heterocycles. The summed E-state index contributed by atoms with van der Waals surface area (Å²) >= 11 is 3.49. The Balaban J connectivity index is 2.10. The zero-order valence-corrected chi connectivity index (χ0v) is 14.4. The number of hydrogen-bond acceptors (Lipinski definition) is 4. The van der Waals surface area contributed by atoms with Crippen LogP contribution < -0.4 is 10.6 Å². The van der Waals surface area contributed by atoms with Gasteiger partial charge in [0.1, 0.15) is 17.8 Å². The Kier molecular flexibility index (Phi) is 5.49. The second kappa shape index (κ2) is 7.35. The van der Waals surface area contributed by atoms with Crippen molar-refractivity contribution in [3.05, 3.63) is 46.3 Å². The van der Waals surface area contributed by atoms with Crippen LogP contribution in [0.1, 0.15) is 29.9 Å². The summed E-state index contributed by atoms with van der Waals surface area (Å²) in [4.78, 5) is 20.2. The first-order valence-electron chi connectivity index (χ1n) is 7.09. The Hall–Kier alpha value is -1.95. The van der Waals surface area contributed by atoms with E-state index in [1.807, 2.05) is 39.0 Å². The lowest BCUT2D eigenvalue weighted by molar-refractivity contribution is 0.0944. The summed E-state index contributed by atoms with van der Waals surface area (Å²) in [5.41, 5.74) is 2.40. The zero-order chi connectivity index (χ0) is 16.1. The molecule has 1 amide bonds. The average molecular weight is 363 g/mol. The number of rotatable bonds is 5. The summed E-state index contributed by atoms with van der Waals surface area (Å²) < 4.78 is 1.02. The number of aromatic nitrogens is 2. The lowest BCUT2D eigenvalue weighted by Gasteiger charge is -2.09. The number of halogens is 1. The van der Waals surface area contributed by atoms with E-state index in [4.69, 9.17) is 0 Å². The molecule has 116 valence electrons. The number of carbonyl (C=O) groups excluding carboxylic acids is 1. The maximum atomic E-state index is 12.0. The molecule has 2 rings (SSSR count). The van der Waals surface area contributed by atoms with Crippen molar-refractivity contribution in [2.75, 3.05) is 11.9 Å². The Morgan fingerprint density at radius 3 is 2.73 bits per heavy atom. The van der Waals surface area contributed by atoms with E-state index in [0.717, 1.165) is 15.7 Å². The van der Waals surface area contributed by atoms with Crippen molar-refractivity contribution in [2.45, 2.75) is 20.8 Å². The molecule has 0 aliphatic rings. The highest BCUT2D eigenvalue weighted by Gasteiger charge is 2.09. The summed E-state index contributed by atoms with van der Waals surface area (Å²) in [6, 6.07) is 7.57. The molecule has 22 heavy (non-hydrogen) atoms. The van der Waals surface area contributed by atoms with Crippen LogP contribution in [0.5, 0.6) is 0 Å². The summed E-state index contributed by atoms with van der Waals surface area (Å²) in [6.07, 6.45) is 1.38. The van der Waals surface area contributed by atoms with Gasteiger partial charge in [0.25, 0.3) is 5.91 Å². The van der Waals surface area contributed by atoms with Crippen molar-refractivity contribution in [3.8, 4) is 0 Å². The van der Waals surface area contributed by atoms with Gasteiger partial charge in [0.2, 0.25) is 0 Å². The van der Waals surface area contributed by atoms with Gasteiger partial charge in [0.15, 0.2) is 0 Å². The summed E-state index contributed by atoms with van der Waals surface area (Å²) in [5, 5.41) is 6.01. The van der Waals surface area contributed by atoms with Gasteiger partial charge in [-0.15, -0.1) is 0 Å². The predicted octanol–water partition coefficient (Wildman–Crippen LogP) is 3.68. The normalized spacial score (nSPS) is 10.6. The second-order valence-corrected chi connectivity index (χ2v) is 6.34. The average Bonchev–Trinajstić information content (AvgIpc) is 2.49. The van der Waals surface area contributed by atoms with Crippen molar-refractivity contribution < 1.29 is 4.79 Å². The molecule has 0 saturated carbocycles. The first-order chi connectivity index (χ1) is 10.5. The van der Waals surface area contributed by atoms with E-state index in [-0.39, 0.29) is 5.91 Å². The lowest BCUT2D eigenvalue weighted by Crippen LogP contribution is -2.28. The Bertz CT molecular complexity index is 673. The third-order valence-electron chi connectivity index (χ3n) is 3.01. The van der Waals surface area contributed by atoms with Crippen molar-refractivity contribution in [3.63, 3.8) is 0 Å². The van der Waals surface area contributed by atoms with Crippen LogP contribution in [0.3, 0.4) is 0 Å². The molecule has 6 heteroatoms. The van der Waals surface area contributed by atoms with Gasteiger partial charge >= 0.3 is 0 Å². The van der Waals surface area contributed by atoms with Crippen molar-refractivity contribution in [1.29, 1.82) is 0 Å². The fraction of sp³-hybridized carbons (Fsp3) is 0.312. The molecule has 0 bridgehead atoms. The Morgan fingerprint density at radius 2 is 2.05 bits per heavy atom. The first-order valence-corrected chi connectivity index (χ1v) is 7.88. The molecule has 0 atom stereocenters. The number of aryl methyl sites for hydroxylation is 1. The molecule has 0 fully saturated rings. The van der Waals surface area contributed by atoms with Gasteiger partial charge in [-0.25, -0.2) is 9.97 Å². The van der Waals surface area contributed by atoms with Gasteiger partial charge < -0.3 is 10.6 Å². The topological polar surface area (TPSA) is 66.9 Å². The number of nitrogens with one attached hydrogen (secondary N) is 2. The van der Waals surface area contributed by atoms with Crippen LogP contribution in [-0.4, -0.2) is 22.4 Å². The number of benzene rings is 1. The van der Waals surface area contributed by atoms with Gasteiger partial charge in [-0.1, -0.05) is 35.8 Å². The number of nitrogens with zero attached hydrogens (tertiary/aromatic N) is 2. The van der Waals surface area contributed by atoms with Crippen LogP contribution >= 0.6 is 15.9 Å². The minimum Gasteiger partial charge on any atom is -0.350 e. The van der Waals surface area contributed by atoms with E-state index in [2.05, 4.69) is 36.5 Å². The second-order valence-electron chi connectivity index (χ2n) is 5.48. The molecule has 2 aromatic rings. The third-order valence-corrected chi connectivity index (χ3v) is 3.87. The fourth-order valence-corrected chi connectivity index (χ4v) is 2.13. The highest BCUT2D eigenvalue weighted by Crippen LogP contribution is 2.22. The summed E-state index contributed by atoms with van der Waals surface area (Å²) in [5.74, 6) is 0.790. The van der Waals surface area contributed by atoms with E-state index >= 15 is 0 Å². The molecule has 1 aromatic carbocycles. The minimum atomic E-state index is -0.191. The Morgan fingerprint density at radius 1 is 1.27 bits per heavy atom. The molecular weight excluding hydrogens is 344 g/mol.